The lowest BCUT2D eigenvalue weighted by Crippen LogP contribution is -2.31. The second-order valence-electron chi connectivity index (χ2n) is 4.65. The molecule has 1 aromatic carbocycles. The Morgan fingerprint density at radius 1 is 1.30 bits per heavy atom. The summed E-state index contributed by atoms with van der Waals surface area (Å²) in [7, 11) is 0. The zero-order valence-electron chi connectivity index (χ0n) is 13.9. The number of nitrogens with zero attached hydrogens (tertiary/aromatic N) is 2. The van der Waals surface area contributed by atoms with Crippen LogP contribution in [-0.2, 0) is 6.54 Å². The zero-order valence-corrected chi connectivity index (χ0v) is 15.4. The van der Waals surface area contributed by atoms with Gasteiger partial charge < -0.3 is 4.90 Å². The van der Waals surface area contributed by atoms with Crippen molar-refractivity contribution in [2.45, 2.75) is 27.3 Å². The average Bonchev–Trinajstić information content (AvgIpc) is 2.53. The van der Waals surface area contributed by atoms with Crippen LogP contribution in [0.3, 0.4) is 0 Å². The summed E-state index contributed by atoms with van der Waals surface area (Å²) < 4.78 is 0. The van der Waals surface area contributed by atoms with Crippen LogP contribution in [0.1, 0.15) is 26.3 Å². The van der Waals surface area contributed by atoms with Gasteiger partial charge in [0.25, 0.3) is 0 Å². The van der Waals surface area contributed by atoms with E-state index in [1.165, 1.54) is 0 Å². The predicted molar refractivity (Wildman–Crippen MR) is 103 cm³/mol. The van der Waals surface area contributed by atoms with E-state index in [-0.39, 0.29) is 0 Å². The van der Waals surface area contributed by atoms with Gasteiger partial charge in [0.1, 0.15) is 5.84 Å². The SMILES string of the molecule is C=CC1=C(C(=C)Cl)C(=C)N(Cc2ccccc2Cl)C(C)=N1.CC. The molecule has 1 aromatic rings. The number of hydrogen-bond donors (Lipinski definition) is 0. The number of rotatable bonds is 4. The third kappa shape index (κ3) is 4.37. The molecular weight excluding hydrogens is 327 g/mol. The Morgan fingerprint density at radius 3 is 2.43 bits per heavy atom. The van der Waals surface area contributed by atoms with Gasteiger partial charge in [-0.2, -0.15) is 0 Å². The van der Waals surface area contributed by atoms with Crippen LogP contribution in [0.2, 0.25) is 5.02 Å². The molecule has 2 rings (SSSR count). The van der Waals surface area contributed by atoms with Gasteiger partial charge in [0.2, 0.25) is 0 Å². The maximum Gasteiger partial charge on any atom is 0.106 e. The average molecular weight is 349 g/mol. The summed E-state index contributed by atoms with van der Waals surface area (Å²) in [5, 5.41) is 1.11. The lowest BCUT2D eigenvalue weighted by atomic mass is 10.1. The fourth-order valence-corrected chi connectivity index (χ4v) is 2.62. The van der Waals surface area contributed by atoms with Crippen LogP contribution in [0, 0.1) is 0 Å². The van der Waals surface area contributed by atoms with Crippen molar-refractivity contribution in [3.63, 3.8) is 0 Å². The Kier molecular flexibility index (Phi) is 7.34. The fraction of sp³-hybridized carbons (Fsp3) is 0.211. The third-order valence-corrected chi connectivity index (χ3v) is 3.85. The summed E-state index contributed by atoms with van der Waals surface area (Å²) >= 11 is 12.3. The third-order valence-electron chi connectivity index (χ3n) is 3.29. The minimum absolute atomic E-state index is 0.398. The fourth-order valence-electron chi connectivity index (χ4n) is 2.22. The molecule has 0 aliphatic carbocycles. The van der Waals surface area contributed by atoms with Crippen molar-refractivity contribution < 1.29 is 0 Å². The van der Waals surface area contributed by atoms with Crippen LogP contribution in [0.25, 0.3) is 0 Å². The van der Waals surface area contributed by atoms with Crippen molar-refractivity contribution in [3.8, 4) is 0 Å². The molecule has 0 saturated carbocycles. The minimum Gasteiger partial charge on any atom is -0.325 e. The van der Waals surface area contributed by atoms with Crippen molar-refractivity contribution in [3.05, 3.63) is 82.7 Å². The van der Waals surface area contributed by atoms with Crippen LogP contribution < -0.4 is 0 Å². The molecule has 1 aliphatic heterocycles. The summed E-state index contributed by atoms with van der Waals surface area (Å²) in [4.78, 5) is 6.49. The van der Waals surface area contributed by atoms with E-state index in [4.69, 9.17) is 23.2 Å². The molecule has 0 bridgehead atoms. The number of aliphatic imine (C=N–C) groups is 1. The first-order valence-electron chi connectivity index (χ1n) is 7.42. The number of allylic oxidation sites excluding steroid dienone is 2. The molecule has 4 heteroatoms. The van der Waals surface area contributed by atoms with Crippen LogP contribution in [0.15, 0.2) is 77.1 Å². The van der Waals surface area contributed by atoms with Gasteiger partial charge in [0.15, 0.2) is 0 Å². The summed E-state index contributed by atoms with van der Waals surface area (Å²) in [6.07, 6.45) is 1.66. The Bertz CT molecular complexity index is 684. The molecule has 1 heterocycles. The van der Waals surface area contributed by atoms with Crippen molar-refractivity contribution in [1.29, 1.82) is 0 Å². The molecule has 0 unspecified atom stereocenters. The Labute approximate surface area is 149 Å². The van der Waals surface area contributed by atoms with Gasteiger partial charge in [0.05, 0.1) is 12.2 Å². The number of halogens is 2. The van der Waals surface area contributed by atoms with E-state index in [2.05, 4.69) is 24.7 Å². The first kappa shape index (κ1) is 19.3. The summed E-state index contributed by atoms with van der Waals surface area (Å²) in [6, 6.07) is 7.69. The van der Waals surface area contributed by atoms with Crippen molar-refractivity contribution in [2.24, 2.45) is 4.99 Å². The Hall–Kier alpha value is -1.77. The minimum atomic E-state index is 0.398. The molecule has 0 N–H and O–H groups in total. The summed E-state index contributed by atoms with van der Waals surface area (Å²) in [5.41, 5.74) is 3.14. The quantitative estimate of drug-likeness (QED) is 0.622. The van der Waals surface area contributed by atoms with Crippen molar-refractivity contribution in [2.75, 3.05) is 0 Å². The lowest BCUT2D eigenvalue weighted by Gasteiger charge is -2.32. The molecule has 0 fully saturated rings. The van der Waals surface area contributed by atoms with Gasteiger partial charge >= 0.3 is 0 Å². The van der Waals surface area contributed by atoms with Crippen LogP contribution in [0.4, 0.5) is 0 Å². The molecule has 1 aliphatic rings. The zero-order chi connectivity index (χ0) is 17.6. The maximum atomic E-state index is 6.23. The number of benzene rings is 1. The van der Waals surface area contributed by atoms with E-state index in [1.54, 1.807) is 6.08 Å². The molecule has 0 amide bonds. The number of amidine groups is 1. The summed E-state index contributed by atoms with van der Waals surface area (Å²) in [6.45, 7) is 18.2. The highest BCUT2D eigenvalue weighted by atomic mass is 35.5. The van der Waals surface area contributed by atoms with Crippen molar-refractivity contribution in [1.82, 2.24) is 4.90 Å². The van der Waals surface area contributed by atoms with Gasteiger partial charge in [0, 0.05) is 21.3 Å². The number of hydrogen-bond acceptors (Lipinski definition) is 2. The topological polar surface area (TPSA) is 15.6 Å². The van der Waals surface area contributed by atoms with E-state index in [0.29, 0.717) is 27.9 Å². The van der Waals surface area contributed by atoms with Gasteiger partial charge in [-0.25, -0.2) is 4.99 Å². The van der Waals surface area contributed by atoms with Gasteiger partial charge in [-0.3, -0.25) is 0 Å². The predicted octanol–water partition coefficient (Wildman–Crippen LogP) is 6.31. The van der Waals surface area contributed by atoms with Crippen LogP contribution in [0.5, 0.6) is 0 Å². The van der Waals surface area contributed by atoms with Crippen molar-refractivity contribution >= 4 is 29.0 Å². The highest BCUT2D eigenvalue weighted by Gasteiger charge is 2.24. The maximum absolute atomic E-state index is 6.23. The normalized spacial score (nSPS) is 14.0. The molecule has 0 radical (unpaired) electrons. The highest BCUT2D eigenvalue weighted by Crippen LogP contribution is 2.33. The Balaban J connectivity index is 0.00000127. The molecule has 122 valence electrons. The molecule has 0 spiro atoms. The first-order valence-corrected chi connectivity index (χ1v) is 8.18. The van der Waals surface area contributed by atoms with E-state index in [0.717, 1.165) is 17.1 Å². The lowest BCUT2D eigenvalue weighted by molar-refractivity contribution is 0.509. The molecule has 2 nitrogen and oxygen atoms in total. The second kappa shape index (κ2) is 8.76. The Morgan fingerprint density at radius 2 is 1.91 bits per heavy atom. The largest absolute Gasteiger partial charge is 0.325 e. The molecular formula is C19H22Cl2N2. The van der Waals surface area contributed by atoms with E-state index in [1.807, 2.05) is 49.9 Å². The molecule has 0 atom stereocenters. The van der Waals surface area contributed by atoms with Gasteiger partial charge in [-0.15, -0.1) is 0 Å². The molecule has 0 aromatic heterocycles. The smallest absolute Gasteiger partial charge is 0.106 e. The summed E-state index contributed by atoms with van der Waals surface area (Å²) in [5.74, 6) is 0.816. The van der Waals surface area contributed by atoms with E-state index < -0.39 is 0 Å². The van der Waals surface area contributed by atoms with Crippen LogP contribution >= 0.6 is 23.2 Å². The van der Waals surface area contributed by atoms with Crippen LogP contribution in [-0.4, -0.2) is 10.7 Å². The standard InChI is InChI=1S/C17H16Cl2N2.C2H6/c1-5-16-17(11(2)18)12(3)21(13(4)20-16)10-14-8-6-7-9-15(14)19;1-2/h5-9H,1-3,10H2,4H3;1-2H3. The highest BCUT2D eigenvalue weighted by molar-refractivity contribution is 6.32. The van der Waals surface area contributed by atoms with E-state index in [9.17, 15) is 0 Å². The first-order chi connectivity index (χ1) is 11.0. The molecule has 0 saturated heterocycles. The monoisotopic (exact) mass is 348 g/mol. The second-order valence-corrected chi connectivity index (χ2v) is 5.52. The van der Waals surface area contributed by atoms with E-state index >= 15 is 0 Å². The molecule has 23 heavy (non-hydrogen) atoms. The van der Waals surface area contributed by atoms with Gasteiger partial charge in [-0.05, 0) is 24.6 Å². The van der Waals surface area contributed by atoms with Gasteiger partial charge in [-0.1, -0.05) is 75.0 Å².